The average Bonchev–Trinajstić information content (AvgIpc) is 2.82. The van der Waals surface area contributed by atoms with Crippen LogP contribution in [0.1, 0.15) is 27.2 Å². The quantitative estimate of drug-likeness (QED) is 0.917. The molecule has 2 rings (SSSR count). The van der Waals surface area contributed by atoms with Gasteiger partial charge in [-0.1, -0.05) is 0 Å². The molecule has 1 fully saturated rings. The van der Waals surface area contributed by atoms with E-state index in [-0.39, 0.29) is 13.0 Å². The van der Waals surface area contributed by atoms with Crippen LogP contribution < -0.4 is 4.74 Å². The van der Waals surface area contributed by atoms with Crippen LogP contribution in [0, 0.1) is 0 Å². The van der Waals surface area contributed by atoms with Gasteiger partial charge >= 0.3 is 12.1 Å². The number of likely N-dealkylation sites (tertiary alicyclic amines) is 1. The third-order valence-corrected chi connectivity index (χ3v) is 3.11. The third kappa shape index (κ3) is 4.09. The van der Waals surface area contributed by atoms with Crippen molar-refractivity contribution < 1.29 is 24.2 Å². The number of hydrogen-bond acceptors (Lipinski definition) is 5. The zero-order chi connectivity index (χ0) is 16.3. The number of carbonyl (C=O) groups is 2. The van der Waals surface area contributed by atoms with Crippen molar-refractivity contribution in [1.29, 1.82) is 0 Å². The van der Waals surface area contributed by atoms with Crippen LogP contribution in [-0.4, -0.2) is 51.3 Å². The first-order valence-electron chi connectivity index (χ1n) is 7.05. The van der Waals surface area contributed by atoms with E-state index in [2.05, 4.69) is 4.98 Å². The lowest BCUT2D eigenvalue weighted by Gasteiger charge is -2.26. The van der Waals surface area contributed by atoms with E-state index >= 15 is 0 Å². The highest BCUT2D eigenvalue weighted by Crippen LogP contribution is 2.25. The standard InChI is InChI=1S/C15H20N2O5/c1-15(2,3)22-14(20)17-9-11(7-12(17)13(18)19)21-10-5-4-6-16-8-10/h4-6,8,11-12H,7,9H2,1-3H3,(H,18,19)/t11-,12-/m0/s1. The van der Waals surface area contributed by atoms with E-state index in [4.69, 9.17) is 9.47 Å². The van der Waals surface area contributed by atoms with Gasteiger partial charge in [0.15, 0.2) is 0 Å². The molecule has 1 aromatic rings. The smallest absolute Gasteiger partial charge is 0.411 e. The number of carbonyl (C=O) groups excluding carboxylic acids is 1. The Kier molecular flexibility index (Phi) is 4.54. The van der Waals surface area contributed by atoms with Gasteiger partial charge in [-0.05, 0) is 32.9 Å². The van der Waals surface area contributed by atoms with Gasteiger partial charge in [-0.15, -0.1) is 0 Å². The topological polar surface area (TPSA) is 89.0 Å². The van der Waals surface area contributed by atoms with Crippen molar-refractivity contribution in [2.45, 2.75) is 44.9 Å². The number of rotatable bonds is 3. The first-order valence-corrected chi connectivity index (χ1v) is 7.05. The number of aliphatic carboxylic acids is 1. The lowest BCUT2D eigenvalue weighted by molar-refractivity contribution is -0.142. The summed E-state index contributed by atoms with van der Waals surface area (Å²) in [5, 5.41) is 9.30. The van der Waals surface area contributed by atoms with Gasteiger partial charge < -0.3 is 14.6 Å². The molecular formula is C15H20N2O5. The predicted molar refractivity (Wildman–Crippen MR) is 77.6 cm³/mol. The summed E-state index contributed by atoms with van der Waals surface area (Å²) in [4.78, 5) is 28.6. The van der Waals surface area contributed by atoms with Crippen LogP contribution >= 0.6 is 0 Å². The van der Waals surface area contributed by atoms with Crippen LogP contribution in [0.3, 0.4) is 0 Å². The highest BCUT2D eigenvalue weighted by molar-refractivity contribution is 5.81. The maximum absolute atomic E-state index is 12.1. The summed E-state index contributed by atoms with van der Waals surface area (Å²) >= 11 is 0. The Labute approximate surface area is 128 Å². The van der Waals surface area contributed by atoms with Gasteiger partial charge in [0.2, 0.25) is 0 Å². The van der Waals surface area contributed by atoms with E-state index in [1.54, 1.807) is 45.3 Å². The molecule has 2 atom stereocenters. The van der Waals surface area contributed by atoms with Crippen molar-refractivity contribution in [2.24, 2.45) is 0 Å². The van der Waals surface area contributed by atoms with Gasteiger partial charge in [0.25, 0.3) is 0 Å². The number of nitrogens with zero attached hydrogens (tertiary/aromatic N) is 2. The Morgan fingerprint density at radius 2 is 2.14 bits per heavy atom. The minimum atomic E-state index is -1.07. The predicted octanol–water partition coefficient (Wildman–Crippen LogP) is 1.92. The molecule has 0 aromatic carbocycles. The molecule has 0 radical (unpaired) electrons. The highest BCUT2D eigenvalue weighted by atomic mass is 16.6. The monoisotopic (exact) mass is 308 g/mol. The molecule has 0 spiro atoms. The number of aromatic nitrogens is 1. The molecule has 1 N–H and O–H groups in total. The molecule has 1 amide bonds. The fraction of sp³-hybridized carbons (Fsp3) is 0.533. The molecule has 7 nitrogen and oxygen atoms in total. The minimum absolute atomic E-state index is 0.167. The lowest BCUT2D eigenvalue weighted by atomic mass is 10.2. The van der Waals surface area contributed by atoms with Crippen LogP contribution in [0.2, 0.25) is 0 Å². The summed E-state index contributed by atoms with van der Waals surface area (Å²) in [6.45, 7) is 5.38. The normalized spacial score (nSPS) is 21.5. The first kappa shape index (κ1) is 16.1. The SMILES string of the molecule is CC(C)(C)OC(=O)N1C[C@@H](Oc2cccnc2)C[C@H]1C(=O)O. The van der Waals surface area contributed by atoms with E-state index in [0.29, 0.717) is 5.75 Å². The molecule has 1 aliphatic heterocycles. The summed E-state index contributed by atoms with van der Waals surface area (Å²) < 4.78 is 10.9. The summed E-state index contributed by atoms with van der Waals surface area (Å²) in [5.41, 5.74) is -0.678. The molecule has 22 heavy (non-hydrogen) atoms. The van der Waals surface area contributed by atoms with Crippen molar-refractivity contribution in [2.75, 3.05) is 6.54 Å². The van der Waals surface area contributed by atoms with Gasteiger partial charge in [-0.3, -0.25) is 9.88 Å². The van der Waals surface area contributed by atoms with Crippen molar-refractivity contribution in [3.8, 4) is 5.75 Å². The fourth-order valence-electron chi connectivity index (χ4n) is 2.25. The van der Waals surface area contributed by atoms with Crippen molar-refractivity contribution in [3.05, 3.63) is 24.5 Å². The number of pyridine rings is 1. The molecule has 1 aliphatic rings. The lowest BCUT2D eigenvalue weighted by Crippen LogP contribution is -2.43. The van der Waals surface area contributed by atoms with Crippen LogP contribution in [0.5, 0.6) is 5.75 Å². The largest absolute Gasteiger partial charge is 0.487 e. The van der Waals surface area contributed by atoms with E-state index in [9.17, 15) is 14.7 Å². The summed E-state index contributed by atoms with van der Waals surface area (Å²) in [6, 6.07) is 2.51. The number of amides is 1. The third-order valence-electron chi connectivity index (χ3n) is 3.11. The molecule has 120 valence electrons. The average molecular weight is 308 g/mol. The van der Waals surface area contributed by atoms with Crippen molar-refractivity contribution >= 4 is 12.1 Å². The van der Waals surface area contributed by atoms with E-state index < -0.39 is 29.8 Å². The van der Waals surface area contributed by atoms with Gasteiger partial charge in [-0.2, -0.15) is 0 Å². The number of carboxylic acids is 1. The second kappa shape index (κ2) is 6.21. The van der Waals surface area contributed by atoms with Crippen LogP contribution in [0.15, 0.2) is 24.5 Å². The molecule has 2 heterocycles. The number of hydrogen-bond donors (Lipinski definition) is 1. The summed E-state index contributed by atoms with van der Waals surface area (Å²) in [6.07, 6.45) is 2.33. The maximum atomic E-state index is 12.1. The fourth-order valence-corrected chi connectivity index (χ4v) is 2.25. The molecule has 0 aliphatic carbocycles. The van der Waals surface area contributed by atoms with Crippen molar-refractivity contribution in [3.63, 3.8) is 0 Å². The molecule has 1 saturated heterocycles. The van der Waals surface area contributed by atoms with E-state index in [1.807, 2.05) is 0 Å². The maximum Gasteiger partial charge on any atom is 0.411 e. The van der Waals surface area contributed by atoms with Crippen LogP contribution in [0.25, 0.3) is 0 Å². The number of ether oxygens (including phenoxy) is 2. The Morgan fingerprint density at radius 1 is 1.41 bits per heavy atom. The first-order chi connectivity index (χ1) is 10.3. The zero-order valence-corrected chi connectivity index (χ0v) is 12.9. The van der Waals surface area contributed by atoms with E-state index in [0.717, 1.165) is 0 Å². The van der Waals surface area contributed by atoms with Crippen LogP contribution in [-0.2, 0) is 9.53 Å². The summed E-state index contributed by atoms with van der Waals surface area (Å²) in [7, 11) is 0. The van der Waals surface area contributed by atoms with Gasteiger partial charge in [0.05, 0.1) is 12.7 Å². The van der Waals surface area contributed by atoms with Gasteiger partial charge in [0, 0.05) is 12.6 Å². The Bertz CT molecular complexity index is 541. The van der Waals surface area contributed by atoms with Gasteiger partial charge in [0.1, 0.15) is 23.5 Å². The Morgan fingerprint density at radius 3 is 2.68 bits per heavy atom. The van der Waals surface area contributed by atoms with Crippen molar-refractivity contribution in [1.82, 2.24) is 9.88 Å². The van der Waals surface area contributed by atoms with E-state index in [1.165, 1.54) is 4.90 Å². The number of carboxylic acid groups (broad SMARTS) is 1. The second-order valence-electron chi connectivity index (χ2n) is 6.15. The molecule has 1 aromatic heterocycles. The Balaban J connectivity index is 2.06. The molecule has 0 bridgehead atoms. The minimum Gasteiger partial charge on any atom is -0.487 e. The molecule has 0 unspecified atom stereocenters. The molecule has 7 heteroatoms. The second-order valence-corrected chi connectivity index (χ2v) is 6.15. The zero-order valence-electron chi connectivity index (χ0n) is 12.9. The molecule has 0 saturated carbocycles. The molecular weight excluding hydrogens is 288 g/mol. The van der Waals surface area contributed by atoms with Gasteiger partial charge in [-0.25, -0.2) is 9.59 Å². The van der Waals surface area contributed by atoms with Crippen LogP contribution in [0.4, 0.5) is 4.79 Å². The summed E-state index contributed by atoms with van der Waals surface area (Å²) in [5.74, 6) is -0.522. The highest BCUT2D eigenvalue weighted by Gasteiger charge is 2.42. The Hall–Kier alpha value is -2.31.